The summed E-state index contributed by atoms with van der Waals surface area (Å²) in [6.07, 6.45) is 0. The smallest absolute Gasteiger partial charge is 0.248 e. The van der Waals surface area contributed by atoms with Crippen molar-refractivity contribution in [2.24, 2.45) is 0 Å². The largest absolute Gasteiger partial charge is 0.334 e. The number of hydrogen-bond donors (Lipinski definition) is 2. The van der Waals surface area contributed by atoms with E-state index in [-0.39, 0.29) is 5.56 Å². The number of aromatic amines is 2. The number of hydrogen-bond acceptors (Lipinski definition) is 2. The number of fused-ring (bicyclic) bond motifs is 1. The zero-order chi connectivity index (χ0) is 8.72. The molecule has 0 spiro atoms. The fourth-order valence-corrected chi connectivity index (χ4v) is 1.19. The van der Waals surface area contributed by atoms with Crippen molar-refractivity contribution >= 4 is 24.3 Å². The topological polar surface area (TPSA) is 61.5 Å². The van der Waals surface area contributed by atoms with E-state index in [1.54, 1.807) is 0 Å². The minimum absolute atomic E-state index is 0.204. The first-order valence-corrected chi connectivity index (χ1v) is 3.52. The lowest BCUT2D eigenvalue weighted by molar-refractivity contribution is 1.07. The van der Waals surface area contributed by atoms with Crippen molar-refractivity contribution in [1.82, 2.24) is 15.2 Å². The first kappa shape index (κ1) is 7.15. The first-order chi connectivity index (χ1) is 5.68. The summed E-state index contributed by atoms with van der Waals surface area (Å²) >= 11 is 0. The van der Waals surface area contributed by atoms with Gasteiger partial charge in [-0.15, -0.1) is 0 Å². The average Bonchev–Trinajstić information content (AvgIpc) is 2.33. The number of nitrogens with zero attached hydrogens (tertiary/aromatic N) is 1. The number of aromatic nitrogens is 3. The molecule has 0 aliphatic carbocycles. The average molecular weight is 159 g/mol. The molecular weight excluding hydrogens is 153 g/mol. The maximum atomic E-state index is 11.0. The molecule has 12 heavy (non-hydrogen) atoms. The Bertz CT molecular complexity index is 485. The number of nitrogens with one attached hydrogen (secondary N) is 2. The second-order valence-electron chi connectivity index (χ2n) is 2.64. The summed E-state index contributed by atoms with van der Waals surface area (Å²) in [6.45, 7) is 1.82. The van der Waals surface area contributed by atoms with Gasteiger partial charge in [-0.1, -0.05) is 0 Å². The molecule has 2 aromatic heterocycles. The molecule has 2 N–H and O–H groups in total. The summed E-state index contributed by atoms with van der Waals surface area (Å²) in [4.78, 5) is 13.5. The Hall–Kier alpha value is -1.52. The van der Waals surface area contributed by atoms with E-state index >= 15 is 0 Å². The molecule has 2 rings (SSSR count). The fraction of sp³-hybridized carbons (Fsp3) is 0.143. The molecule has 58 valence electrons. The van der Waals surface area contributed by atoms with Gasteiger partial charge >= 0.3 is 0 Å². The zero-order valence-electron chi connectivity index (χ0n) is 6.51. The number of rotatable bonds is 0. The standard InChI is InChI=1S/C7H6BN3O/c1-3-4-2-5(12)9-7(8)6(4)11-10-3/h2H,1H3,(H,9,12)(H,10,11). The quantitative estimate of drug-likeness (QED) is 0.502. The molecular formula is C7H6BN3O. The highest BCUT2D eigenvalue weighted by Gasteiger charge is 2.03. The lowest BCUT2D eigenvalue weighted by Gasteiger charge is -1.93. The molecule has 0 atom stereocenters. The summed E-state index contributed by atoms with van der Waals surface area (Å²) in [5.74, 6) is 0. The Labute approximate surface area is 69.4 Å². The Morgan fingerprint density at radius 1 is 1.58 bits per heavy atom. The molecule has 0 fully saturated rings. The third kappa shape index (κ3) is 0.862. The predicted octanol–water partition coefficient (Wildman–Crippen LogP) is -0.647. The van der Waals surface area contributed by atoms with E-state index in [0.29, 0.717) is 11.1 Å². The van der Waals surface area contributed by atoms with Crippen molar-refractivity contribution in [2.75, 3.05) is 0 Å². The van der Waals surface area contributed by atoms with Gasteiger partial charge in [0, 0.05) is 11.5 Å². The van der Waals surface area contributed by atoms with Gasteiger partial charge in [-0.05, 0) is 12.5 Å². The van der Waals surface area contributed by atoms with Crippen molar-refractivity contribution in [3.63, 3.8) is 0 Å². The van der Waals surface area contributed by atoms with E-state index in [2.05, 4.69) is 15.2 Å². The molecule has 0 saturated heterocycles. The van der Waals surface area contributed by atoms with Gasteiger partial charge in [0.05, 0.1) is 11.2 Å². The van der Waals surface area contributed by atoms with Crippen LogP contribution < -0.4 is 11.2 Å². The van der Waals surface area contributed by atoms with Gasteiger partial charge in [-0.3, -0.25) is 9.89 Å². The van der Waals surface area contributed by atoms with Gasteiger partial charge in [-0.25, -0.2) is 0 Å². The number of aryl methyl sites for hydroxylation is 1. The molecule has 0 amide bonds. The minimum Gasteiger partial charge on any atom is -0.334 e. The highest BCUT2D eigenvalue weighted by molar-refractivity contribution is 6.36. The third-order valence-corrected chi connectivity index (χ3v) is 1.80. The molecule has 2 heterocycles. The Kier molecular flexibility index (Phi) is 1.33. The SMILES string of the molecule is [B]c1[nH]c(=O)cc2c(C)n[nH]c12. The normalized spacial score (nSPS) is 10.8. The molecule has 0 bridgehead atoms. The van der Waals surface area contributed by atoms with Gasteiger partial charge in [-0.2, -0.15) is 5.10 Å². The van der Waals surface area contributed by atoms with E-state index in [1.165, 1.54) is 6.07 Å². The molecule has 2 radical (unpaired) electrons. The van der Waals surface area contributed by atoms with E-state index in [9.17, 15) is 4.79 Å². The maximum absolute atomic E-state index is 11.0. The van der Waals surface area contributed by atoms with Crippen LogP contribution in [0.15, 0.2) is 10.9 Å². The summed E-state index contributed by atoms with van der Waals surface area (Å²) in [5, 5.41) is 7.45. The third-order valence-electron chi connectivity index (χ3n) is 1.80. The maximum Gasteiger partial charge on any atom is 0.248 e. The monoisotopic (exact) mass is 159 g/mol. The van der Waals surface area contributed by atoms with Crippen LogP contribution >= 0.6 is 0 Å². The Morgan fingerprint density at radius 3 is 3.08 bits per heavy atom. The van der Waals surface area contributed by atoms with Crippen LogP contribution in [-0.4, -0.2) is 23.0 Å². The molecule has 0 aromatic carbocycles. The highest BCUT2D eigenvalue weighted by Crippen LogP contribution is 2.08. The molecule has 5 heteroatoms. The van der Waals surface area contributed by atoms with Gasteiger partial charge in [0.25, 0.3) is 0 Å². The van der Waals surface area contributed by atoms with Crippen LogP contribution in [0.2, 0.25) is 0 Å². The van der Waals surface area contributed by atoms with Crippen molar-refractivity contribution in [3.05, 3.63) is 22.1 Å². The van der Waals surface area contributed by atoms with Crippen molar-refractivity contribution < 1.29 is 0 Å². The molecule has 4 nitrogen and oxygen atoms in total. The lowest BCUT2D eigenvalue weighted by atomic mass is 10.0. The van der Waals surface area contributed by atoms with Gasteiger partial charge < -0.3 is 4.98 Å². The molecule has 2 aromatic rings. The van der Waals surface area contributed by atoms with Crippen LogP contribution in [0.4, 0.5) is 0 Å². The fourth-order valence-electron chi connectivity index (χ4n) is 1.19. The van der Waals surface area contributed by atoms with Crippen LogP contribution in [0.5, 0.6) is 0 Å². The second kappa shape index (κ2) is 2.23. The van der Waals surface area contributed by atoms with Crippen LogP contribution in [-0.2, 0) is 0 Å². The second-order valence-corrected chi connectivity index (χ2v) is 2.64. The van der Waals surface area contributed by atoms with Crippen LogP contribution in [0.25, 0.3) is 10.9 Å². The molecule has 0 unspecified atom stereocenters. The van der Waals surface area contributed by atoms with E-state index < -0.39 is 0 Å². The van der Waals surface area contributed by atoms with Gasteiger partial charge in [0.2, 0.25) is 5.56 Å². The van der Waals surface area contributed by atoms with Crippen molar-refractivity contribution in [1.29, 1.82) is 0 Å². The van der Waals surface area contributed by atoms with Crippen molar-refractivity contribution in [3.8, 4) is 0 Å². The summed E-state index contributed by atoms with van der Waals surface area (Å²) < 4.78 is 0. The molecule has 0 aliphatic heterocycles. The van der Waals surface area contributed by atoms with Crippen molar-refractivity contribution in [2.45, 2.75) is 6.92 Å². The van der Waals surface area contributed by atoms with Crippen LogP contribution in [0.3, 0.4) is 0 Å². The summed E-state index contributed by atoms with van der Waals surface area (Å²) in [6, 6.07) is 1.48. The molecule has 0 saturated carbocycles. The number of H-pyrrole nitrogens is 2. The summed E-state index contributed by atoms with van der Waals surface area (Å²) in [5.41, 5.74) is 1.59. The minimum atomic E-state index is -0.204. The van der Waals surface area contributed by atoms with Crippen LogP contribution in [0.1, 0.15) is 5.69 Å². The first-order valence-electron chi connectivity index (χ1n) is 3.52. The van der Waals surface area contributed by atoms with Gasteiger partial charge in [0.1, 0.15) is 7.85 Å². The zero-order valence-corrected chi connectivity index (χ0v) is 6.51. The van der Waals surface area contributed by atoms with Gasteiger partial charge in [0.15, 0.2) is 0 Å². The van der Waals surface area contributed by atoms with E-state index in [0.717, 1.165) is 11.1 Å². The Balaban J connectivity index is 3.02. The predicted molar refractivity (Wildman–Crippen MR) is 46.8 cm³/mol. The van der Waals surface area contributed by atoms with Crippen LogP contribution in [0, 0.1) is 6.92 Å². The van der Waals surface area contributed by atoms with E-state index in [4.69, 9.17) is 7.85 Å². The number of pyridine rings is 1. The lowest BCUT2D eigenvalue weighted by Crippen LogP contribution is -2.19. The van der Waals surface area contributed by atoms with E-state index in [1.807, 2.05) is 6.92 Å². The molecule has 0 aliphatic rings. The summed E-state index contributed by atoms with van der Waals surface area (Å²) in [7, 11) is 5.54. The highest BCUT2D eigenvalue weighted by atomic mass is 16.1. The Morgan fingerprint density at radius 2 is 2.33 bits per heavy atom.